The maximum Gasteiger partial charge on any atom is 0.246 e. The molecule has 0 aliphatic carbocycles. The van der Waals surface area contributed by atoms with Gasteiger partial charge in [0.1, 0.15) is 0 Å². The summed E-state index contributed by atoms with van der Waals surface area (Å²) >= 11 is 0. The molecule has 0 saturated carbocycles. The lowest BCUT2D eigenvalue weighted by Crippen LogP contribution is -2.50. The van der Waals surface area contributed by atoms with Crippen molar-refractivity contribution in [3.63, 3.8) is 0 Å². The number of nitrogens with zero attached hydrogens (tertiary/aromatic N) is 1. The maximum absolute atomic E-state index is 12.8. The van der Waals surface area contributed by atoms with E-state index < -0.39 is 5.54 Å². The summed E-state index contributed by atoms with van der Waals surface area (Å²) in [7, 11) is 0. The van der Waals surface area contributed by atoms with Gasteiger partial charge in [0.25, 0.3) is 0 Å². The van der Waals surface area contributed by atoms with E-state index in [0.29, 0.717) is 18.4 Å². The van der Waals surface area contributed by atoms with Gasteiger partial charge in [0, 0.05) is 31.3 Å². The Kier molecular flexibility index (Phi) is 8.50. The molecule has 3 rings (SSSR count). The molecule has 3 heterocycles. The topological polar surface area (TPSA) is 94.9 Å². The number of ether oxygens (including phenoxy) is 3. The summed E-state index contributed by atoms with van der Waals surface area (Å²) in [6.07, 6.45) is 6.24. The standard InChI is InChI=1S/C23H39N3O5/c1-22(2,16-30-20-7-5-6-12-29-20)18-15-19(31-26-18)25-21(27)23(3,4)24-11-8-17-9-13-28-14-10-17/h15,17,20,24H,5-14,16H2,1-4H3,(H,25,27). The molecule has 2 aliphatic rings. The normalized spacial score (nSPS) is 21.2. The molecule has 2 N–H and O–H groups in total. The van der Waals surface area contributed by atoms with Crippen molar-refractivity contribution in [3.8, 4) is 0 Å². The van der Waals surface area contributed by atoms with Gasteiger partial charge in [-0.05, 0) is 64.8 Å². The molecular weight excluding hydrogens is 398 g/mol. The summed E-state index contributed by atoms with van der Waals surface area (Å²) in [6.45, 7) is 11.6. The van der Waals surface area contributed by atoms with Crippen LogP contribution < -0.4 is 10.6 Å². The van der Waals surface area contributed by atoms with Crippen LogP contribution >= 0.6 is 0 Å². The highest BCUT2D eigenvalue weighted by molar-refractivity contribution is 5.96. The molecule has 1 aromatic rings. The summed E-state index contributed by atoms with van der Waals surface area (Å²) in [5, 5.41) is 10.4. The first-order valence-electron chi connectivity index (χ1n) is 11.6. The van der Waals surface area contributed by atoms with Crippen LogP contribution in [0.3, 0.4) is 0 Å². The van der Waals surface area contributed by atoms with Crippen LogP contribution in [-0.4, -0.2) is 55.9 Å². The van der Waals surface area contributed by atoms with Gasteiger partial charge in [0.2, 0.25) is 11.8 Å². The van der Waals surface area contributed by atoms with Crippen LogP contribution in [0.2, 0.25) is 0 Å². The number of hydrogen-bond donors (Lipinski definition) is 2. The van der Waals surface area contributed by atoms with Gasteiger partial charge in [0.05, 0.1) is 17.8 Å². The monoisotopic (exact) mass is 437 g/mol. The molecule has 8 heteroatoms. The number of aromatic nitrogens is 1. The number of nitrogens with one attached hydrogen (secondary N) is 2. The Balaban J connectivity index is 1.46. The van der Waals surface area contributed by atoms with Crippen molar-refractivity contribution in [2.24, 2.45) is 5.92 Å². The Labute approximate surface area is 185 Å². The van der Waals surface area contributed by atoms with E-state index >= 15 is 0 Å². The average molecular weight is 438 g/mol. The molecule has 176 valence electrons. The van der Waals surface area contributed by atoms with Gasteiger partial charge < -0.3 is 24.1 Å². The minimum atomic E-state index is -0.713. The van der Waals surface area contributed by atoms with Crippen LogP contribution in [0.1, 0.15) is 71.9 Å². The van der Waals surface area contributed by atoms with Gasteiger partial charge in [-0.15, -0.1) is 0 Å². The predicted molar refractivity (Wildman–Crippen MR) is 118 cm³/mol. The fraction of sp³-hybridized carbons (Fsp3) is 0.826. The number of carbonyl (C=O) groups is 1. The third kappa shape index (κ3) is 7.27. The largest absolute Gasteiger partial charge is 0.381 e. The second kappa shape index (κ2) is 10.9. The number of rotatable bonds is 10. The first-order valence-corrected chi connectivity index (χ1v) is 11.6. The number of hydrogen-bond acceptors (Lipinski definition) is 7. The van der Waals surface area contributed by atoms with E-state index in [1.807, 2.05) is 27.7 Å². The zero-order valence-corrected chi connectivity index (χ0v) is 19.5. The summed E-state index contributed by atoms with van der Waals surface area (Å²) in [6, 6.07) is 1.78. The third-order valence-corrected chi connectivity index (χ3v) is 6.24. The Morgan fingerprint density at radius 1 is 1.16 bits per heavy atom. The van der Waals surface area contributed by atoms with Crippen molar-refractivity contribution in [2.45, 2.75) is 83.5 Å². The first kappa shape index (κ1) is 24.2. The van der Waals surface area contributed by atoms with Crippen LogP contribution in [0, 0.1) is 5.92 Å². The molecule has 0 spiro atoms. The molecule has 0 bridgehead atoms. The van der Waals surface area contributed by atoms with E-state index in [4.69, 9.17) is 18.7 Å². The van der Waals surface area contributed by atoms with Crippen molar-refractivity contribution >= 4 is 11.8 Å². The van der Waals surface area contributed by atoms with Crippen molar-refractivity contribution in [1.82, 2.24) is 10.5 Å². The summed E-state index contributed by atoms with van der Waals surface area (Å²) < 4.78 is 22.4. The number of anilines is 1. The lowest BCUT2D eigenvalue weighted by Gasteiger charge is -2.28. The molecular formula is C23H39N3O5. The minimum Gasteiger partial charge on any atom is -0.381 e. The minimum absolute atomic E-state index is 0.146. The zero-order chi connectivity index (χ0) is 22.3. The highest BCUT2D eigenvalue weighted by atomic mass is 16.7. The number of carbonyl (C=O) groups excluding carboxylic acids is 1. The summed E-state index contributed by atoms with van der Waals surface area (Å²) in [5.74, 6) is 0.869. The lowest BCUT2D eigenvalue weighted by molar-refractivity contribution is -0.170. The molecule has 1 unspecified atom stereocenters. The van der Waals surface area contributed by atoms with Gasteiger partial charge in [-0.3, -0.25) is 10.1 Å². The van der Waals surface area contributed by atoms with E-state index in [2.05, 4.69) is 15.8 Å². The van der Waals surface area contributed by atoms with Crippen molar-refractivity contribution < 1.29 is 23.5 Å². The zero-order valence-electron chi connectivity index (χ0n) is 19.5. The van der Waals surface area contributed by atoms with Gasteiger partial charge in [-0.1, -0.05) is 19.0 Å². The predicted octanol–water partition coefficient (Wildman–Crippen LogP) is 3.62. The molecule has 31 heavy (non-hydrogen) atoms. The van der Waals surface area contributed by atoms with Crippen molar-refractivity contribution in [1.29, 1.82) is 0 Å². The Morgan fingerprint density at radius 2 is 1.94 bits per heavy atom. The third-order valence-electron chi connectivity index (χ3n) is 6.24. The second-order valence-corrected chi connectivity index (χ2v) is 9.92. The maximum atomic E-state index is 12.8. The smallest absolute Gasteiger partial charge is 0.246 e. The Bertz CT molecular complexity index is 691. The fourth-order valence-corrected chi connectivity index (χ4v) is 3.84. The number of amides is 1. The van der Waals surface area contributed by atoms with Gasteiger partial charge in [-0.2, -0.15) is 0 Å². The molecule has 2 saturated heterocycles. The molecule has 2 aliphatic heterocycles. The van der Waals surface area contributed by atoms with Crippen LogP contribution in [0.5, 0.6) is 0 Å². The Hall–Kier alpha value is -1.48. The molecule has 2 fully saturated rings. The van der Waals surface area contributed by atoms with Gasteiger partial charge >= 0.3 is 0 Å². The Morgan fingerprint density at radius 3 is 2.65 bits per heavy atom. The molecule has 1 amide bonds. The highest BCUT2D eigenvalue weighted by Gasteiger charge is 2.31. The van der Waals surface area contributed by atoms with E-state index in [-0.39, 0.29) is 17.6 Å². The van der Waals surface area contributed by atoms with Crippen LogP contribution in [0.4, 0.5) is 5.88 Å². The van der Waals surface area contributed by atoms with Crippen LogP contribution in [0.15, 0.2) is 10.6 Å². The fourth-order valence-electron chi connectivity index (χ4n) is 3.84. The van der Waals surface area contributed by atoms with E-state index in [1.165, 1.54) is 0 Å². The van der Waals surface area contributed by atoms with E-state index in [0.717, 1.165) is 70.6 Å². The van der Waals surface area contributed by atoms with Gasteiger partial charge in [0.15, 0.2) is 6.29 Å². The van der Waals surface area contributed by atoms with Gasteiger partial charge in [-0.25, -0.2) is 0 Å². The molecule has 1 atom stereocenters. The molecule has 8 nitrogen and oxygen atoms in total. The lowest BCUT2D eigenvalue weighted by atomic mass is 9.90. The first-order chi connectivity index (χ1) is 14.8. The summed E-state index contributed by atoms with van der Waals surface area (Å²) in [4.78, 5) is 12.8. The average Bonchev–Trinajstić information content (AvgIpc) is 3.23. The molecule has 0 aromatic carbocycles. The molecule has 1 aromatic heterocycles. The van der Waals surface area contributed by atoms with Crippen LogP contribution in [0.25, 0.3) is 0 Å². The molecule has 0 radical (unpaired) electrons. The van der Waals surface area contributed by atoms with Crippen LogP contribution in [-0.2, 0) is 24.4 Å². The van der Waals surface area contributed by atoms with E-state index in [1.54, 1.807) is 6.07 Å². The SMILES string of the molecule is CC(C)(NCCC1CCOCC1)C(=O)Nc1cc(C(C)(C)COC2CCCCO2)no1. The highest BCUT2D eigenvalue weighted by Crippen LogP contribution is 2.27. The van der Waals surface area contributed by atoms with Crippen molar-refractivity contribution in [2.75, 3.05) is 38.3 Å². The quantitative estimate of drug-likeness (QED) is 0.577. The summed E-state index contributed by atoms with van der Waals surface area (Å²) in [5.41, 5.74) is -0.330. The second-order valence-electron chi connectivity index (χ2n) is 9.92. The van der Waals surface area contributed by atoms with E-state index in [9.17, 15) is 4.79 Å². The van der Waals surface area contributed by atoms with Crippen molar-refractivity contribution in [3.05, 3.63) is 11.8 Å².